The first-order valence-corrected chi connectivity index (χ1v) is 10.9. The first-order valence-electron chi connectivity index (χ1n) is 9.50. The summed E-state index contributed by atoms with van der Waals surface area (Å²) in [5, 5.41) is 3.36. The number of allylic oxidation sites excluding steroid dienone is 8. The summed E-state index contributed by atoms with van der Waals surface area (Å²) in [5.41, 5.74) is 7.92. The maximum absolute atomic E-state index is 2.51. The molecule has 132 valence electrons. The summed E-state index contributed by atoms with van der Waals surface area (Å²) in [6.07, 6.45) is 10.4. The van der Waals surface area contributed by atoms with Crippen LogP contribution in [0.4, 0.5) is 0 Å². The smallest absolute Gasteiger partial charge is 0.0837 e. The van der Waals surface area contributed by atoms with Crippen molar-refractivity contribution in [3.05, 3.63) is 75.5 Å². The number of hydrogen-bond acceptors (Lipinski definition) is 0. The third-order valence-corrected chi connectivity index (χ3v) is 10.1. The Bertz CT molecular complexity index is 834. The van der Waals surface area contributed by atoms with Crippen molar-refractivity contribution < 1.29 is 0 Å². The lowest BCUT2D eigenvalue weighted by Gasteiger charge is -2.47. The Kier molecular flexibility index (Phi) is 4.57. The van der Waals surface area contributed by atoms with E-state index < -0.39 is 9.52 Å². The van der Waals surface area contributed by atoms with Crippen molar-refractivity contribution in [1.82, 2.24) is 0 Å². The van der Waals surface area contributed by atoms with Crippen molar-refractivity contribution >= 4 is 14.7 Å². The summed E-state index contributed by atoms with van der Waals surface area (Å²) < 4.78 is 0. The van der Waals surface area contributed by atoms with Gasteiger partial charge in [-0.05, 0) is 57.7 Å². The van der Waals surface area contributed by atoms with E-state index in [0.29, 0.717) is 0 Å². The van der Waals surface area contributed by atoms with Crippen molar-refractivity contribution in [3.63, 3.8) is 0 Å². The predicted octanol–water partition coefficient (Wildman–Crippen LogP) is 5.25. The SMILES string of the molecule is CC1=C(C)C(C)(C2(C)C=CC=CC2)C([SiH2]c2cccc(C)c2C)=C1C. The van der Waals surface area contributed by atoms with Crippen LogP contribution in [0.5, 0.6) is 0 Å². The van der Waals surface area contributed by atoms with E-state index in [9.17, 15) is 0 Å². The van der Waals surface area contributed by atoms with Gasteiger partial charge in [-0.15, -0.1) is 0 Å². The van der Waals surface area contributed by atoms with Gasteiger partial charge in [0.1, 0.15) is 0 Å². The zero-order valence-corrected chi connectivity index (χ0v) is 18.4. The number of aryl methyl sites for hydroxylation is 1. The van der Waals surface area contributed by atoms with Crippen LogP contribution >= 0.6 is 0 Å². The molecule has 0 N–H and O–H groups in total. The fraction of sp³-hybridized carbons (Fsp3) is 0.417. The average Bonchev–Trinajstić information content (AvgIpc) is 2.76. The predicted molar refractivity (Wildman–Crippen MR) is 114 cm³/mol. The Morgan fingerprint density at radius 1 is 0.920 bits per heavy atom. The van der Waals surface area contributed by atoms with E-state index in [1.54, 1.807) is 21.5 Å². The average molecular weight is 349 g/mol. The second-order valence-corrected chi connectivity index (χ2v) is 10.2. The molecule has 0 amide bonds. The quantitative estimate of drug-likeness (QED) is 0.654. The van der Waals surface area contributed by atoms with Crippen LogP contribution in [-0.4, -0.2) is 9.52 Å². The maximum atomic E-state index is 2.51. The van der Waals surface area contributed by atoms with Crippen molar-refractivity contribution in [2.75, 3.05) is 0 Å². The molecule has 1 aromatic rings. The van der Waals surface area contributed by atoms with Crippen molar-refractivity contribution in [2.45, 2.75) is 54.9 Å². The van der Waals surface area contributed by atoms with Gasteiger partial charge in [0.05, 0.1) is 9.52 Å². The van der Waals surface area contributed by atoms with Crippen LogP contribution in [0, 0.1) is 24.7 Å². The van der Waals surface area contributed by atoms with Crippen LogP contribution in [0.2, 0.25) is 0 Å². The Hall–Kier alpha value is -1.60. The van der Waals surface area contributed by atoms with Gasteiger partial charge >= 0.3 is 0 Å². The van der Waals surface area contributed by atoms with Crippen molar-refractivity contribution in [3.8, 4) is 0 Å². The molecule has 0 saturated heterocycles. The molecule has 0 radical (unpaired) electrons. The van der Waals surface area contributed by atoms with Gasteiger partial charge in [-0.3, -0.25) is 0 Å². The van der Waals surface area contributed by atoms with Crippen LogP contribution < -0.4 is 5.19 Å². The Morgan fingerprint density at radius 3 is 2.28 bits per heavy atom. The first kappa shape index (κ1) is 18.2. The molecule has 1 heteroatoms. The van der Waals surface area contributed by atoms with Gasteiger partial charge < -0.3 is 0 Å². The summed E-state index contributed by atoms with van der Waals surface area (Å²) in [6, 6.07) is 6.86. The largest absolute Gasteiger partial charge is 0.0843 e. The first-order chi connectivity index (χ1) is 11.7. The van der Waals surface area contributed by atoms with E-state index >= 15 is 0 Å². The molecular weight excluding hydrogens is 316 g/mol. The second kappa shape index (κ2) is 6.28. The molecule has 0 spiro atoms. The van der Waals surface area contributed by atoms with E-state index in [2.05, 4.69) is 91.0 Å². The minimum Gasteiger partial charge on any atom is -0.0837 e. The molecule has 0 aromatic heterocycles. The van der Waals surface area contributed by atoms with Crippen LogP contribution in [-0.2, 0) is 0 Å². The van der Waals surface area contributed by atoms with E-state index in [4.69, 9.17) is 0 Å². The van der Waals surface area contributed by atoms with Crippen LogP contribution in [0.15, 0.2) is 64.4 Å². The minimum atomic E-state index is -0.503. The molecule has 0 heterocycles. The Morgan fingerprint density at radius 2 is 1.64 bits per heavy atom. The fourth-order valence-electron chi connectivity index (χ4n) is 4.86. The van der Waals surface area contributed by atoms with Gasteiger partial charge in [0.25, 0.3) is 0 Å². The topological polar surface area (TPSA) is 0 Å². The molecule has 2 atom stereocenters. The zero-order chi connectivity index (χ0) is 18.4. The molecule has 2 aliphatic carbocycles. The van der Waals surface area contributed by atoms with E-state index in [0.717, 1.165) is 6.42 Å². The molecule has 2 aliphatic rings. The normalized spacial score (nSPS) is 29.6. The lowest BCUT2D eigenvalue weighted by molar-refractivity contribution is 0.224. The summed E-state index contributed by atoms with van der Waals surface area (Å²) in [6.45, 7) is 16.6. The van der Waals surface area contributed by atoms with E-state index in [-0.39, 0.29) is 10.8 Å². The highest BCUT2D eigenvalue weighted by Gasteiger charge is 2.50. The molecule has 1 aromatic carbocycles. The van der Waals surface area contributed by atoms with Gasteiger partial charge in [-0.25, -0.2) is 0 Å². The molecule has 0 nitrogen and oxygen atoms in total. The van der Waals surface area contributed by atoms with Crippen LogP contribution in [0.1, 0.15) is 52.2 Å². The third-order valence-electron chi connectivity index (χ3n) is 7.41. The summed E-state index contributed by atoms with van der Waals surface area (Å²) in [7, 11) is -0.503. The lowest BCUT2D eigenvalue weighted by Crippen LogP contribution is -2.42. The highest BCUT2D eigenvalue weighted by Crippen LogP contribution is 2.59. The highest BCUT2D eigenvalue weighted by atomic mass is 28.2. The van der Waals surface area contributed by atoms with Crippen LogP contribution in [0.25, 0.3) is 0 Å². The van der Waals surface area contributed by atoms with E-state index in [1.807, 2.05) is 0 Å². The molecule has 25 heavy (non-hydrogen) atoms. The molecule has 0 aliphatic heterocycles. The number of rotatable bonds is 3. The van der Waals surface area contributed by atoms with Gasteiger partial charge in [-0.1, -0.05) is 77.9 Å². The molecule has 0 bridgehead atoms. The lowest BCUT2D eigenvalue weighted by atomic mass is 9.60. The highest BCUT2D eigenvalue weighted by molar-refractivity contribution is 6.62. The number of benzene rings is 1. The Labute approximate surface area is 156 Å². The van der Waals surface area contributed by atoms with E-state index in [1.165, 1.54) is 16.7 Å². The molecular formula is C24H32Si. The molecule has 3 rings (SSSR count). The molecule has 2 unspecified atom stereocenters. The Balaban J connectivity index is 2.12. The van der Waals surface area contributed by atoms with Crippen molar-refractivity contribution in [1.29, 1.82) is 0 Å². The third kappa shape index (κ3) is 2.64. The monoisotopic (exact) mass is 348 g/mol. The second-order valence-electron chi connectivity index (χ2n) is 8.42. The summed E-state index contributed by atoms with van der Waals surface area (Å²) in [5.74, 6) is 0. The van der Waals surface area contributed by atoms with Crippen LogP contribution in [0.3, 0.4) is 0 Å². The zero-order valence-electron chi connectivity index (χ0n) is 17.0. The summed E-state index contributed by atoms with van der Waals surface area (Å²) in [4.78, 5) is 0. The maximum Gasteiger partial charge on any atom is 0.0843 e. The van der Waals surface area contributed by atoms with Gasteiger partial charge in [0, 0.05) is 10.8 Å². The number of hydrogen-bond donors (Lipinski definition) is 0. The van der Waals surface area contributed by atoms with Crippen molar-refractivity contribution in [2.24, 2.45) is 10.8 Å². The fourth-order valence-corrected chi connectivity index (χ4v) is 7.59. The standard InChI is InChI=1S/C24H32Si/c1-16-12-11-13-21(17(16)2)25-22-19(4)18(3)20(5)24(22,7)23(6)14-9-8-10-15-23/h8-14H,15,25H2,1-7H3. The summed E-state index contributed by atoms with van der Waals surface area (Å²) >= 11 is 0. The van der Waals surface area contributed by atoms with Gasteiger partial charge in [0.15, 0.2) is 0 Å². The molecule has 0 fully saturated rings. The van der Waals surface area contributed by atoms with Gasteiger partial charge in [-0.2, -0.15) is 0 Å². The molecule has 0 saturated carbocycles. The van der Waals surface area contributed by atoms with Gasteiger partial charge in [0.2, 0.25) is 0 Å². The minimum absolute atomic E-state index is 0.144.